The van der Waals surface area contributed by atoms with Crippen LogP contribution in [0.5, 0.6) is 5.75 Å². The highest BCUT2D eigenvalue weighted by atomic mass is 32.2. The molecule has 112 valence electrons. The molecule has 1 aromatic heterocycles. The van der Waals surface area contributed by atoms with Crippen LogP contribution < -0.4 is 10.1 Å². The predicted octanol–water partition coefficient (Wildman–Crippen LogP) is 5.03. The van der Waals surface area contributed by atoms with E-state index in [-0.39, 0.29) is 0 Å². The topological polar surface area (TPSA) is 21.3 Å². The van der Waals surface area contributed by atoms with Crippen molar-refractivity contribution in [2.45, 2.75) is 41.8 Å². The first kappa shape index (κ1) is 14.9. The smallest absolute Gasteiger partial charge is 0.119 e. The second-order valence-corrected chi connectivity index (χ2v) is 8.17. The van der Waals surface area contributed by atoms with Crippen molar-refractivity contribution < 1.29 is 4.74 Å². The van der Waals surface area contributed by atoms with Gasteiger partial charge in [-0.15, -0.1) is 23.1 Å². The molecule has 0 aliphatic carbocycles. The Morgan fingerprint density at radius 2 is 2.19 bits per heavy atom. The summed E-state index contributed by atoms with van der Waals surface area (Å²) >= 11 is 3.87. The largest absolute Gasteiger partial charge is 0.497 e. The summed E-state index contributed by atoms with van der Waals surface area (Å²) in [6.07, 6.45) is 1.18. The van der Waals surface area contributed by atoms with E-state index in [4.69, 9.17) is 4.74 Å². The van der Waals surface area contributed by atoms with E-state index in [1.165, 1.54) is 21.8 Å². The van der Waals surface area contributed by atoms with Gasteiger partial charge in [0.2, 0.25) is 0 Å². The second kappa shape index (κ2) is 6.42. The molecule has 0 saturated carbocycles. The molecule has 0 radical (unpaired) electrons. The maximum absolute atomic E-state index is 5.33. The van der Waals surface area contributed by atoms with Gasteiger partial charge < -0.3 is 10.1 Å². The molecule has 1 aromatic carbocycles. The third kappa shape index (κ3) is 3.28. The minimum absolute atomic E-state index is 0.313. The number of thioether (sulfide) groups is 1. The summed E-state index contributed by atoms with van der Waals surface area (Å²) in [4.78, 5) is 0. The van der Waals surface area contributed by atoms with Crippen LogP contribution in [0.4, 0.5) is 0 Å². The molecular weight excluding hydrogens is 298 g/mol. The summed E-state index contributed by atoms with van der Waals surface area (Å²) in [5.41, 5.74) is 2.75. The number of methoxy groups -OCH3 is 1. The van der Waals surface area contributed by atoms with Crippen LogP contribution in [-0.4, -0.2) is 12.4 Å². The first-order chi connectivity index (χ1) is 10.2. The van der Waals surface area contributed by atoms with E-state index in [1.807, 2.05) is 29.2 Å². The third-order valence-electron chi connectivity index (χ3n) is 3.95. The molecule has 3 atom stereocenters. The van der Waals surface area contributed by atoms with E-state index in [1.54, 1.807) is 7.11 Å². The molecule has 21 heavy (non-hydrogen) atoms. The Bertz CT molecular complexity index is 610. The highest BCUT2D eigenvalue weighted by Crippen LogP contribution is 2.44. The van der Waals surface area contributed by atoms with Crippen molar-refractivity contribution in [3.05, 3.63) is 46.8 Å². The van der Waals surface area contributed by atoms with Crippen LogP contribution in [0.15, 0.2) is 39.9 Å². The molecule has 0 fully saturated rings. The lowest BCUT2D eigenvalue weighted by atomic mass is 10.0. The molecule has 0 saturated heterocycles. The Hall–Kier alpha value is -0.970. The number of thiophene rings is 1. The van der Waals surface area contributed by atoms with Gasteiger partial charge in [-0.2, -0.15) is 0 Å². The van der Waals surface area contributed by atoms with Crippen molar-refractivity contribution >= 4 is 23.1 Å². The first-order valence-corrected chi connectivity index (χ1v) is 9.07. The Labute approximate surface area is 134 Å². The average Bonchev–Trinajstić information content (AvgIpc) is 2.95. The van der Waals surface area contributed by atoms with Gasteiger partial charge in [0.1, 0.15) is 5.75 Å². The lowest BCUT2D eigenvalue weighted by molar-refractivity contribution is 0.409. The fraction of sp³-hybridized carbons (Fsp3) is 0.412. The summed E-state index contributed by atoms with van der Waals surface area (Å²) in [6, 6.07) is 11.4. The van der Waals surface area contributed by atoms with E-state index < -0.39 is 0 Å². The van der Waals surface area contributed by atoms with Gasteiger partial charge in [0, 0.05) is 17.3 Å². The molecular formula is C17H21NOS2. The Kier molecular flexibility index (Phi) is 4.57. The third-order valence-corrected chi connectivity index (χ3v) is 6.30. The molecule has 1 N–H and O–H groups in total. The Morgan fingerprint density at radius 3 is 3.00 bits per heavy atom. The van der Waals surface area contributed by atoms with Crippen LogP contribution in [0.1, 0.15) is 43.5 Å². The maximum Gasteiger partial charge on any atom is 0.119 e. The zero-order valence-corrected chi connectivity index (χ0v) is 14.3. The van der Waals surface area contributed by atoms with Crippen molar-refractivity contribution in [1.82, 2.24) is 5.32 Å². The summed E-state index contributed by atoms with van der Waals surface area (Å²) in [5.74, 6) is 0.921. The highest BCUT2D eigenvalue weighted by molar-refractivity contribution is 8.01. The van der Waals surface area contributed by atoms with Gasteiger partial charge in [-0.05, 0) is 48.1 Å². The molecule has 2 heterocycles. The Balaban J connectivity index is 1.77. The molecule has 0 amide bonds. The lowest BCUT2D eigenvalue weighted by Gasteiger charge is -2.30. The standard InChI is InChI=1S/C17H21NOS2/c1-11-9-16(15-7-8-20-17(15)21-11)18-12(2)13-5-4-6-14(10-13)19-3/h4-8,10-12,16,18H,9H2,1-3H3/t11-,12+,16?/m0/s1. The SMILES string of the molecule is COc1cccc([C@@H](C)NC2C[C@H](C)Sc3sccc32)c1. The fourth-order valence-corrected chi connectivity index (χ4v) is 5.38. The normalized spacial score (nSPS) is 22.6. The van der Waals surface area contributed by atoms with Crippen molar-refractivity contribution in [2.75, 3.05) is 7.11 Å². The van der Waals surface area contributed by atoms with E-state index in [0.717, 1.165) is 5.75 Å². The minimum Gasteiger partial charge on any atom is -0.497 e. The number of rotatable bonds is 4. The molecule has 0 spiro atoms. The summed E-state index contributed by atoms with van der Waals surface area (Å²) in [5, 5.41) is 6.68. The van der Waals surface area contributed by atoms with Crippen LogP contribution in [0.3, 0.4) is 0 Å². The number of ether oxygens (including phenoxy) is 1. The zero-order chi connectivity index (χ0) is 14.8. The first-order valence-electron chi connectivity index (χ1n) is 7.31. The molecule has 4 heteroatoms. The molecule has 0 bridgehead atoms. The van der Waals surface area contributed by atoms with Gasteiger partial charge in [0.25, 0.3) is 0 Å². The summed E-state index contributed by atoms with van der Waals surface area (Å²) < 4.78 is 6.80. The molecule has 1 aliphatic rings. The number of benzene rings is 1. The maximum atomic E-state index is 5.33. The molecule has 2 nitrogen and oxygen atoms in total. The van der Waals surface area contributed by atoms with Gasteiger partial charge in [-0.25, -0.2) is 0 Å². The van der Waals surface area contributed by atoms with Gasteiger partial charge in [0.15, 0.2) is 0 Å². The quantitative estimate of drug-likeness (QED) is 0.853. The van der Waals surface area contributed by atoms with Crippen LogP contribution >= 0.6 is 23.1 Å². The molecule has 1 aliphatic heterocycles. The van der Waals surface area contributed by atoms with Crippen LogP contribution in [0, 0.1) is 0 Å². The summed E-state index contributed by atoms with van der Waals surface area (Å²) in [6.45, 7) is 4.55. The van der Waals surface area contributed by atoms with E-state index >= 15 is 0 Å². The van der Waals surface area contributed by atoms with Gasteiger partial charge in [-0.1, -0.05) is 19.1 Å². The van der Waals surface area contributed by atoms with Crippen molar-refractivity contribution in [3.8, 4) is 5.75 Å². The van der Waals surface area contributed by atoms with Crippen LogP contribution in [0.2, 0.25) is 0 Å². The number of fused-ring (bicyclic) bond motifs is 1. The van der Waals surface area contributed by atoms with E-state index in [0.29, 0.717) is 17.3 Å². The van der Waals surface area contributed by atoms with Gasteiger partial charge in [0.05, 0.1) is 11.3 Å². The van der Waals surface area contributed by atoms with Crippen molar-refractivity contribution in [1.29, 1.82) is 0 Å². The zero-order valence-electron chi connectivity index (χ0n) is 12.6. The van der Waals surface area contributed by atoms with Crippen molar-refractivity contribution in [2.24, 2.45) is 0 Å². The van der Waals surface area contributed by atoms with Crippen molar-refractivity contribution in [3.63, 3.8) is 0 Å². The fourth-order valence-electron chi connectivity index (χ4n) is 2.82. The van der Waals surface area contributed by atoms with E-state index in [2.05, 4.69) is 48.8 Å². The van der Waals surface area contributed by atoms with E-state index in [9.17, 15) is 0 Å². The number of hydrogen-bond donors (Lipinski definition) is 1. The minimum atomic E-state index is 0.313. The average molecular weight is 319 g/mol. The predicted molar refractivity (Wildman–Crippen MR) is 91.5 cm³/mol. The number of nitrogens with one attached hydrogen (secondary N) is 1. The lowest BCUT2D eigenvalue weighted by Crippen LogP contribution is -2.28. The highest BCUT2D eigenvalue weighted by Gasteiger charge is 2.27. The summed E-state index contributed by atoms with van der Waals surface area (Å²) in [7, 11) is 1.72. The second-order valence-electron chi connectivity index (χ2n) is 5.55. The molecule has 1 unspecified atom stereocenters. The molecule has 3 rings (SSSR count). The monoisotopic (exact) mass is 319 g/mol. The molecule has 2 aromatic rings. The van der Waals surface area contributed by atoms with Gasteiger partial charge in [-0.3, -0.25) is 0 Å². The van der Waals surface area contributed by atoms with Crippen LogP contribution in [-0.2, 0) is 0 Å². The van der Waals surface area contributed by atoms with Crippen LogP contribution in [0.25, 0.3) is 0 Å². The Morgan fingerprint density at radius 1 is 1.33 bits per heavy atom. The number of hydrogen-bond acceptors (Lipinski definition) is 4. The van der Waals surface area contributed by atoms with Gasteiger partial charge >= 0.3 is 0 Å².